The van der Waals surface area contributed by atoms with Gasteiger partial charge in [-0.1, -0.05) is 30.3 Å². The van der Waals surface area contributed by atoms with Crippen molar-refractivity contribution in [3.8, 4) is 28.1 Å². The Morgan fingerprint density at radius 2 is 1.72 bits per heavy atom. The van der Waals surface area contributed by atoms with Gasteiger partial charge in [-0.25, -0.2) is 15.0 Å². The van der Waals surface area contributed by atoms with E-state index in [0.717, 1.165) is 44.5 Å². The maximum Gasteiger partial charge on any atom is 0.146 e. The molecule has 0 aliphatic rings. The molecule has 6 aromatic heterocycles. The molecule has 0 N–H and O–H groups in total. The summed E-state index contributed by atoms with van der Waals surface area (Å²) in [6.45, 7) is 0. The third kappa shape index (κ3) is 2.89. The van der Waals surface area contributed by atoms with Crippen molar-refractivity contribution < 1.29 is 0 Å². The van der Waals surface area contributed by atoms with Crippen LogP contribution < -0.4 is 0 Å². The number of benzene rings is 2. The summed E-state index contributed by atoms with van der Waals surface area (Å²) in [6.07, 6.45) is 3.88. The second-order valence-corrected chi connectivity index (χ2v) is 11.7. The van der Waals surface area contributed by atoms with Crippen LogP contribution in [0.4, 0.5) is 0 Å². The molecule has 0 saturated carbocycles. The van der Waals surface area contributed by atoms with Crippen molar-refractivity contribution in [2.24, 2.45) is 7.05 Å². The van der Waals surface area contributed by atoms with Gasteiger partial charge < -0.3 is 4.57 Å². The number of imidazole rings is 1. The second-order valence-electron chi connectivity index (χ2n) is 8.82. The number of thiazole rings is 1. The summed E-state index contributed by atoms with van der Waals surface area (Å²) in [5.41, 5.74) is 11.6. The zero-order chi connectivity index (χ0) is 23.8. The average Bonchev–Trinajstić information content (AvgIpc) is 3.70. The number of rotatable bonds is 3. The summed E-state index contributed by atoms with van der Waals surface area (Å²) >= 11 is 5.18. The van der Waals surface area contributed by atoms with E-state index in [0.29, 0.717) is 0 Å². The van der Waals surface area contributed by atoms with Crippen LogP contribution in [0.2, 0.25) is 0 Å². The average molecular weight is 520 g/mol. The highest BCUT2D eigenvalue weighted by Crippen LogP contribution is 2.40. The topological polar surface area (TPSA) is 48.5 Å². The standard InChI is InChI=1S/C28H17N5S3/c1-32-11-22(29-14-32)21-13-34-24-10-19-18-7-2-3-8-23(18)33(27(19)31-25(21)24)17-6-4-5-16(9-17)20-12-35-28-26(20)30-15-36-28/h2-15H,1H3. The van der Waals surface area contributed by atoms with Crippen LogP contribution in [-0.4, -0.2) is 24.1 Å². The van der Waals surface area contributed by atoms with Crippen LogP contribution >= 0.6 is 34.0 Å². The Bertz CT molecular complexity index is 2080. The van der Waals surface area contributed by atoms with Crippen molar-refractivity contribution in [1.29, 1.82) is 0 Å². The number of hydrogen-bond acceptors (Lipinski definition) is 6. The highest BCUT2D eigenvalue weighted by molar-refractivity contribution is 7.36. The van der Waals surface area contributed by atoms with E-state index in [1.807, 2.05) is 29.6 Å². The van der Waals surface area contributed by atoms with Crippen LogP contribution in [0.1, 0.15) is 0 Å². The predicted octanol–water partition coefficient (Wildman–Crippen LogP) is 8.13. The van der Waals surface area contributed by atoms with Crippen LogP contribution in [0.5, 0.6) is 0 Å². The van der Waals surface area contributed by atoms with Crippen molar-refractivity contribution in [1.82, 2.24) is 24.1 Å². The van der Waals surface area contributed by atoms with E-state index in [4.69, 9.17) is 4.98 Å². The van der Waals surface area contributed by atoms with Crippen LogP contribution in [0.25, 0.3) is 69.8 Å². The fraction of sp³-hybridized carbons (Fsp3) is 0.0357. The van der Waals surface area contributed by atoms with Crippen molar-refractivity contribution in [2.75, 3.05) is 0 Å². The van der Waals surface area contributed by atoms with Gasteiger partial charge in [-0.2, -0.15) is 0 Å². The van der Waals surface area contributed by atoms with Gasteiger partial charge in [-0.05, 0) is 29.8 Å². The molecule has 6 heterocycles. The Balaban J connectivity index is 1.42. The summed E-state index contributed by atoms with van der Waals surface area (Å²) in [5, 5.41) is 6.75. The van der Waals surface area contributed by atoms with Crippen molar-refractivity contribution in [2.45, 2.75) is 0 Å². The summed E-state index contributed by atoms with van der Waals surface area (Å²) in [5.74, 6) is 0. The number of thiophene rings is 2. The lowest BCUT2D eigenvalue weighted by Gasteiger charge is -2.09. The molecule has 2 aromatic carbocycles. The van der Waals surface area contributed by atoms with E-state index in [2.05, 4.69) is 79.9 Å². The molecule has 0 aliphatic heterocycles. The molecule has 0 aliphatic carbocycles. The molecule has 0 spiro atoms. The molecule has 8 aromatic rings. The molecule has 8 heteroatoms. The number of aromatic nitrogens is 5. The third-order valence-electron chi connectivity index (χ3n) is 6.64. The molecule has 8 rings (SSSR count). The number of hydrogen-bond donors (Lipinski definition) is 0. The molecule has 0 amide bonds. The first kappa shape index (κ1) is 20.4. The molecule has 36 heavy (non-hydrogen) atoms. The quantitative estimate of drug-likeness (QED) is 0.237. The summed E-state index contributed by atoms with van der Waals surface area (Å²) in [4.78, 5) is 14.5. The van der Waals surface area contributed by atoms with Crippen molar-refractivity contribution in [3.05, 3.63) is 83.4 Å². The van der Waals surface area contributed by atoms with Crippen molar-refractivity contribution in [3.63, 3.8) is 0 Å². The van der Waals surface area contributed by atoms with Gasteiger partial charge in [0, 0.05) is 51.6 Å². The minimum Gasteiger partial charge on any atom is -0.340 e. The molecule has 0 bridgehead atoms. The first-order valence-corrected chi connectivity index (χ1v) is 14.1. The zero-order valence-electron chi connectivity index (χ0n) is 19.0. The SMILES string of the molecule is Cn1cnc(-c2csc3cc4c5ccccc5n(-c5cccc(-c6csc7scnc67)c5)c4nc23)c1. The predicted molar refractivity (Wildman–Crippen MR) is 153 cm³/mol. The first-order valence-electron chi connectivity index (χ1n) is 11.5. The van der Waals surface area contributed by atoms with E-state index in [1.165, 1.54) is 25.2 Å². The van der Waals surface area contributed by atoms with Crippen LogP contribution in [0.15, 0.2) is 83.4 Å². The van der Waals surface area contributed by atoms with Crippen LogP contribution in [0.3, 0.4) is 0 Å². The molecular formula is C28H17N5S3. The molecule has 0 saturated heterocycles. The van der Waals surface area contributed by atoms with Crippen molar-refractivity contribution >= 4 is 75.7 Å². The molecular weight excluding hydrogens is 503 g/mol. The monoisotopic (exact) mass is 519 g/mol. The summed E-state index contributed by atoms with van der Waals surface area (Å²) < 4.78 is 6.70. The lowest BCUT2D eigenvalue weighted by atomic mass is 10.1. The Kier molecular flexibility index (Phi) is 4.28. The van der Waals surface area contributed by atoms with E-state index in [-0.39, 0.29) is 0 Å². The summed E-state index contributed by atoms with van der Waals surface area (Å²) in [6, 6.07) is 19.6. The third-order valence-corrected chi connectivity index (χ3v) is 9.52. The molecule has 0 unspecified atom stereocenters. The first-order chi connectivity index (χ1) is 17.7. The fourth-order valence-electron chi connectivity index (χ4n) is 5.00. The second kappa shape index (κ2) is 7.57. The van der Waals surface area contributed by atoms with Gasteiger partial charge in [0.25, 0.3) is 0 Å². The molecule has 5 nitrogen and oxygen atoms in total. The number of pyridine rings is 1. The number of aryl methyl sites for hydroxylation is 1. The van der Waals surface area contributed by atoms with Gasteiger partial charge in [-0.3, -0.25) is 4.57 Å². The smallest absolute Gasteiger partial charge is 0.146 e. The maximum absolute atomic E-state index is 5.29. The van der Waals surface area contributed by atoms with E-state index in [1.54, 1.807) is 34.0 Å². The molecule has 0 atom stereocenters. The Labute approximate surface area is 217 Å². The highest BCUT2D eigenvalue weighted by Gasteiger charge is 2.18. The minimum absolute atomic E-state index is 0.949. The normalized spacial score (nSPS) is 12.0. The van der Waals surface area contributed by atoms with Gasteiger partial charge in [0.05, 0.1) is 38.8 Å². The highest BCUT2D eigenvalue weighted by atomic mass is 32.2. The van der Waals surface area contributed by atoms with Gasteiger partial charge >= 0.3 is 0 Å². The number of nitrogens with zero attached hydrogens (tertiary/aromatic N) is 5. The molecule has 172 valence electrons. The zero-order valence-corrected chi connectivity index (χ0v) is 21.5. The Morgan fingerprint density at radius 3 is 2.64 bits per heavy atom. The fourth-order valence-corrected chi connectivity index (χ4v) is 7.71. The van der Waals surface area contributed by atoms with Gasteiger partial charge in [-0.15, -0.1) is 34.0 Å². The maximum atomic E-state index is 5.29. The number of para-hydroxylation sites is 1. The Hall–Kier alpha value is -3.85. The largest absolute Gasteiger partial charge is 0.340 e. The van der Waals surface area contributed by atoms with Crippen LogP contribution in [-0.2, 0) is 7.05 Å². The van der Waals surface area contributed by atoms with Gasteiger partial charge in [0.1, 0.15) is 9.66 Å². The molecule has 0 fully saturated rings. The van der Waals surface area contributed by atoms with E-state index in [9.17, 15) is 0 Å². The molecule has 0 radical (unpaired) electrons. The minimum atomic E-state index is 0.949. The van der Waals surface area contributed by atoms with E-state index < -0.39 is 0 Å². The van der Waals surface area contributed by atoms with Gasteiger partial charge in [0.15, 0.2) is 0 Å². The van der Waals surface area contributed by atoms with Gasteiger partial charge in [0.2, 0.25) is 0 Å². The van der Waals surface area contributed by atoms with Crippen LogP contribution in [0, 0.1) is 0 Å². The Morgan fingerprint density at radius 1 is 0.806 bits per heavy atom. The lowest BCUT2D eigenvalue weighted by Crippen LogP contribution is -1.96. The van der Waals surface area contributed by atoms with E-state index >= 15 is 0 Å². The number of fused-ring (bicyclic) bond motifs is 5. The summed E-state index contributed by atoms with van der Waals surface area (Å²) in [7, 11) is 1.99. The lowest BCUT2D eigenvalue weighted by molar-refractivity contribution is 0.913.